The number of piperidine rings is 1. The summed E-state index contributed by atoms with van der Waals surface area (Å²) in [6.07, 6.45) is 0.757. The monoisotopic (exact) mass is 402 g/mol. The molecule has 0 bridgehead atoms. The van der Waals surface area contributed by atoms with E-state index in [0.29, 0.717) is 42.3 Å². The van der Waals surface area contributed by atoms with Gasteiger partial charge in [0, 0.05) is 38.2 Å². The number of nitrogens with one attached hydrogen (secondary N) is 1. The van der Waals surface area contributed by atoms with Gasteiger partial charge in [0.1, 0.15) is 0 Å². The second-order valence-corrected chi connectivity index (χ2v) is 7.18. The van der Waals surface area contributed by atoms with Gasteiger partial charge in [-0.25, -0.2) is 4.79 Å². The van der Waals surface area contributed by atoms with Gasteiger partial charge in [-0.2, -0.15) is 5.10 Å². The Morgan fingerprint density at radius 3 is 2.76 bits per heavy atom. The molecule has 0 spiro atoms. The standard InChI is InChI=1S/C19H26N6O4/c1-11-17-15(9-24(19(21)28)10-16(17)26)25(23-11)12-4-5-13(18(20)27)14(8-12)22-6-3-7-29-2/h4-5,8,15,17,22H,3,6-7,9-10H2,1-2H3,(H2,20,27)(H2,21,28). The summed E-state index contributed by atoms with van der Waals surface area (Å²) in [6.45, 7) is 3.27. The number of rotatable bonds is 7. The lowest BCUT2D eigenvalue weighted by molar-refractivity contribution is -0.123. The molecular weight excluding hydrogens is 376 g/mol. The number of hydrogen-bond acceptors (Lipinski definition) is 7. The molecule has 5 N–H and O–H groups in total. The van der Waals surface area contributed by atoms with Crippen LogP contribution < -0.4 is 21.8 Å². The lowest BCUT2D eigenvalue weighted by atomic mass is 9.87. The van der Waals surface area contributed by atoms with Crippen molar-refractivity contribution in [2.45, 2.75) is 19.4 Å². The maximum Gasteiger partial charge on any atom is 0.315 e. The second-order valence-electron chi connectivity index (χ2n) is 7.18. The number of carbonyl (C=O) groups excluding carboxylic acids is 3. The normalized spacial score (nSPS) is 21.0. The maximum atomic E-state index is 12.5. The zero-order valence-corrected chi connectivity index (χ0v) is 16.6. The number of Topliss-reactive ketones (excluding diaryl/α,β-unsaturated/α-hetero) is 1. The number of methoxy groups -OCH3 is 1. The van der Waals surface area contributed by atoms with Crippen molar-refractivity contribution in [3.05, 3.63) is 23.8 Å². The molecule has 2 heterocycles. The summed E-state index contributed by atoms with van der Waals surface area (Å²) >= 11 is 0. The number of urea groups is 1. The van der Waals surface area contributed by atoms with Crippen LogP contribution in [0.4, 0.5) is 16.2 Å². The lowest BCUT2D eigenvalue weighted by Crippen LogP contribution is -2.57. The summed E-state index contributed by atoms with van der Waals surface area (Å²) in [5.74, 6) is -1.02. The minimum Gasteiger partial charge on any atom is -0.385 e. The molecule has 3 amide bonds. The first kappa shape index (κ1) is 20.6. The van der Waals surface area contributed by atoms with Crippen LogP contribution in [0.5, 0.6) is 0 Å². The number of anilines is 2. The fourth-order valence-corrected chi connectivity index (χ4v) is 3.83. The van der Waals surface area contributed by atoms with Gasteiger partial charge in [0.2, 0.25) is 0 Å². The molecule has 1 fully saturated rings. The van der Waals surface area contributed by atoms with E-state index in [1.807, 2.05) is 0 Å². The average molecular weight is 402 g/mol. The van der Waals surface area contributed by atoms with Crippen molar-refractivity contribution in [3.8, 4) is 0 Å². The van der Waals surface area contributed by atoms with Crippen molar-refractivity contribution in [2.75, 3.05) is 43.7 Å². The largest absolute Gasteiger partial charge is 0.385 e. The summed E-state index contributed by atoms with van der Waals surface area (Å²) < 4.78 is 5.04. The third-order valence-electron chi connectivity index (χ3n) is 5.20. The number of fused-ring (bicyclic) bond motifs is 1. The Kier molecular flexibility index (Phi) is 6.02. The molecule has 1 aromatic rings. The Balaban J connectivity index is 1.89. The topological polar surface area (TPSA) is 143 Å². The average Bonchev–Trinajstić information content (AvgIpc) is 3.02. The number of primary amides is 2. The van der Waals surface area contributed by atoms with Gasteiger partial charge in [-0.15, -0.1) is 0 Å². The minimum atomic E-state index is -0.633. The fourth-order valence-electron chi connectivity index (χ4n) is 3.83. The highest BCUT2D eigenvalue weighted by Crippen LogP contribution is 2.34. The van der Waals surface area contributed by atoms with Gasteiger partial charge in [0.05, 0.1) is 29.8 Å². The van der Waals surface area contributed by atoms with Gasteiger partial charge < -0.3 is 26.4 Å². The Morgan fingerprint density at radius 1 is 1.34 bits per heavy atom. The molecule has 0 radical (unpaired) electrons. The Bertz CT molecular complexity index is 855. The van der Waals surface area contributed by atoms with Crippen LogP contribution in [0.3, 0.4) is 0 Å². The predicted octanol–water partition coefficient (Wildman–Crippen LogP) is 0.378. The predicted molar refractivity (Wildman–Crippen MR) is 109 cm³/mol. The Morgan fingerprint density at radius 2 is 2.10 bits per heavy atom. The van der Waals surface area contributed by atoms with Crippen LogP contribution in [0.25, 0.3) is 0 Å². The van der Waals surface area contributed by atoms with Gasteiger partial charge in [-0.3, -0.25) is 14.6 Å². The van der Waals surface area contributed by atoms with E-state index < -0.39 is 11.9 Å². The van der Waals surface area contributed by atoms with E-state index in [1.54, 1.807) is 37.2 Å². The summed E-state index contributed by atoms with van der Waals surface area (Å²) in [6, 6.07) is 4.16. The Hall–Kier alpha value is -3.14. The van der Waals surface area contributed by atoms with Crippen LogP contribution in [0.15, 0.2) is 23.3 Å². The van der Waals surface area contributed by atoms with Gasteiger partial charge in [0.25, 0.3) is 5.91 Å². The van der Waals surface area contributed by atoms with Crippen LogP contribution in [0.1, 0.15) is 23.7 Å². The highest BCUT2D eigenvalue weighted by molar-refractivity contribution is 6.09. The summed E-state index contributed by atoms with van der Waals surface area (Å²) in [5, 5.41) is 9.48. The van der Waals surface area contributed by atoms with E-state index in [4.69, 9.17) is 16.2 Å². The first-order chi connectivity index (χ1) is 13.8. The molecule has 2 unspecified atom stereocenters. The fraction of sp³-hybridized carbons (Fsp3) is 0.474. The van der Waals surface area contributed by atoms with Crippen LogP contribution >= 0.6 is 0 Å². The third kappa shape index (κ3) is 4.16. The Labute approximate surface area is 168 Å². The van der Waals surface area contributed by atoms with Crippen molar-refractivity contribution in [1.82, 2.24) is 4.90 Å². The van der Waals surface area contributed by atoms with E-state index in [2.05, 4.69) is 10.4 Å². The van der Waals surface area contributed by atoms with Gasteiger partial charge in [-0.05, 0) is 31.5 Å². The minimum absolute atomic E-state index is 0.00980. The highest BCUT2D eigenvalue weighted by atomic mass is 16.5. The zero-order valence-electron chi connectivity index (χ0n) is 16.6. The van der Waals surface area contributed by atoms with E-state index in [1.165, 1.54) is 4.90 Å². The van der Waals surface area contributed by atoms with Gasteiger partial charge >= 0.3 is 6.03 Å². The van der Waals surface area contributed by atoms with Gasteiger partial charge in [0.15, 0.2) is 5.78 Å². The molecule has 0 aliphatic carbocycles. The van der Waals surface area contributed by atoms with Crippen LogP contribution in [0.2, 0.25) is 0 Å². The molecule has 2 atom stereocenters. The van der Waals surface area contributed by atoms with Crippen LogP contribution in [-0.2, 0) is 9.53 Å². The summed E-state index contributed by atoms with van der Waals surface area (Å²) in [7, 11) is 1.63. The molecule has 1 saturated heterocycles. The maximum absolute atomic E-state index is 12.5. The molecule has 10 nitrogen and oxygen atoms in total. The quantitative estimate of drug-likeness (QED) is 0.563. The molecule has 156 valence electrons. The summed E-state index contributed by atoms with van der Waals surface area (Å²) in [4.78, 5) is 37.3. The molecule has 1 aromatic carbocycles. The SMILES string of the molecule is COCCCNc1cc(N2N=C(C)C3C(=O)CN(C(N)=O)CC32)ccc1C(N)=O. The number of likely N-dealkylation sites (tertiary alicyclic amines) is 1. The van der Waals surface area contributed by atoms with Crippen molar-refractivity contribution in [1.29, 1.82) is 0 Å². The smallest absolute Gasteiger partial charge is 0.315 e. The first-order valence-electron chi connectivity index (χ1n) is 9.41. The van der Waals surface area contributed by atoms with Crippen molar-refractivity contribution >= 4 is 34.8 Å². The zero-order chi connectivity index (χ0) is 21.1. The number of hydrazone groups is 1. The molecule has 0 aromatic heterocycles. The van der Waals surface area contributed by atoms with Crippen LogP contribution in [0, 0.1) is 5.92 Å². The molecule has 3 rings (SSSR count). The molecular formula is C19H26N6O4. The number of amides is 3. The van der Waals surface area contributed by atoms with Crippen LogP contribution in [-0.4, -0.2) is 67.7 Å². The summed E-state index contributed by atoms with van der Waals surface area (Å²) in [5.41, 5.74) is 13.2. The van der Waals surface area contributed by atoms with Gasteiger partial charge in [-0.1, -0.05) is 0 Å². The first-order valence-corrected chi connectivity index (χ1v) is 9.41. The van der Waals surface area contributed by atoms with E-state index >= 15 is 0 Å². The molecule has 2 aliphatic heterocycles. The number of ketones is 1. The highest BCUT2D eigenvalue weighted by Gasteiger charge is 2.46. The lowest BCUT2D eigenvalue weighted by Gasteiger charge is -2.36. The van der Waals surface area contributed by atoms with E-state index in [9.17, 15) is 14.4 Å². The molecule has 10 heteroatoms. The van der Waals surface area contributed by atoms with Crippen molar-refractivity contribution < 1.29 is 19.1 Å². The number of nitrogens with two attached hydrogens (primary N) is 2. The molecule has 0 saturated carbocycles. The van der Waals surface area contributed by atoms with Crippen molar-refractivity contribution in [2.24, 2.45) is 22.5 Å². The number of benzene rings is 1. The van der Waals surface area contributed by atoms with E-state index in [0.717, 1.165) is 6.42 Å². The van der Waals surface area contributed by atoms with E-state index in [-0.39, 0.29) is 24.3 Å². The molecule has 29 heavy (non-hydrogen) atoms. The number of ether oxygens (including phenoxy) is 1. The number of nitrogens with zero attached hydrogens (tertiary/aromatic N) is 3. The van der Waals surface area contributed by atoms with Crippen molar-refractivity contribution in [3.63, 3.8) is 0 Å². The molecule has 2 aliphatic rings. The second kappa shape index (κ2) is 8.48. The number of hydrogen-bond donors (Lipinski definition) is 3. The number of carbonyl (C=O) groups is 3. The third-order valence-corrected chi connectivity index (χ3v) is 5.20.